The van der Waals surface area contributed by atoms with Gasteiger partial charge in [-0.25, -0.2) is 0 Å². The summed E-state index contributed by atoms with van der Waals surface area (Å²) >= 11 is 0. The van der Waals surface area contributed by atoms with Crippen molar-refractivity contribution in [1.29, 1.82) is 0 Å². The number of rotatable bonds is 0. The zero-order chi connectivity index (χ0) is 36.0. The first-order valence-corrected chi connectivity index (χ1v) is 17.5. The summed E-state index contributed by atoms with van der Waals surface area (Å²) in [7, 11) is -43.1. The predicted molar refractivity (Wildman–Crippen MR) is 96.1 cm³/mol. The molecule has 0 bridgehead atoms. The molecule has 0 fully saturated rings. The van der Waals surface area contributed by atoms with Crippen LogP contribution in [0.15, 0.2) is 0 Å². The Morgan fingerprint density at radius 3 is 0.192 bits per heavy atom. The molecule has 0 saturated heterocycles. The summed E-state index contributed by atoms with van der Waals surface area (Å²) in [5, 5.41) is 0. The molecule has 310 valence electrons. The van der Waals surface area contributed by atoms with Crippen LogP contribution in [0.3, 0.4) is 0 Å². The first kappa shape index (κ1) is 130. The second-order valence-electron chi connectivity index (χ2n) is 3.58. The molecule has 0 aromatic rings. The molecule has 0 aromatic heterocycles. The van der Waals surface area contributed by atoms with Crippen molar-refractivity contribution in [2.45, 2.75) is 0 Å². The van der Waals surface area contributed by atoms with E-state index < -0.39 is 62.6 Å². The molecule has 0 amide bonds. The second kappa shape index (κ2) is 61.5. The molecule has 52 heteroatoms. The maximum atomic E-state index is 8.55. The van der Waals surface area contributed by atoms with E-state index in [2.05, 4.69) is 0 Å². The molecule has 52 heavy (non-hydrogen) atoms. The van der Waals surface area contributed by atoms with E-state index in [4.69, 9.17) is 154 Å². The van der Waals surface area contributed by atoms with Crippen LogP contribution >= 0.6 is 62.6 Å². The van der Waals surface area contributed by atoms with Crippen molar-refractivity contribution in [3.8, 4) is 0 Å². The Kier molecular flexibility index (Phi) is 154. The van der Waals surface area contributed by atoms with Crippen LogP contribution in [0.5, 0.6) is 0 Å². The van der Waals surface area contributed by atoms with Crippen LogP contribution < -0.4 is 136 Å². The Balaban J connectivity index is -0.0000000121. The minimum atomic E-state index is -5.39. The van der Waals surface area contributed by atoms with E-state index in [9.17, 15) is 0 Å². The fourth-order valence-electron chi connectivity index (χ4n) is 0. The predicted octanol–water partition coefficient (Wildman–Crippen LogP) is -22.6. The SMILES string of the molecule is O=P([O-])([O-])[O-].O=P([O-])([O-])[O-].O=P([O-])([O-])[O-].O=P([O-])([O-])[O-].O=P([O-])([O-])[O-].O=P([O-])([O-])[O-].O=P([O-])([O-])[O-].O=P([O-])([O-])[O-].[Fe+3].[Fe+3].[Fe+3].[Mg+2].[Mg+2].[Mg+2].[Mn+2].[Mn+2].[Mn+2].[NH4+].[NH4+].[NH4+]. The molecular weight excluding hydrogens is 1210 g/mol. The molecule has 0 rings (SSSR count). The van der Waals surface area contributed by atoms with Gasteiger partial charge in [0.1, 0.15) is 0 Å². The van der Waals surface area contributed by atoms with Gasteiger partial charge in [-0.2, -0.15) is 62.6 Å². The summed E-state index contributed by atoms with van der Waals surface area (Å²) in [6.45, 7) is 0. The fraction of sp³-hybridized carbons (Fsp3) is 0. The Bertz CT molecular complexity index is 703. The van der Waals surface area contributed by atoms with Crippen LogP contribution in [-0.2, 0) is 139 Å². The molecular formula is H12Fe3Mg3Mn3N3O32P8. The van der Waals surface area contributed by atoms with Crippen molar-refractivity contribution in [2.75, 3.05) is 0 Å². The number of phosphoric acid groups is 8. The van der Waals surface area contributed by atoms with Crippen LogP contribution in [-0.4, -0.2) is 69.2 Å². The maximum Gasteiger partial charge on any atom is 3.00 e. The third-order valence-corrected chi connectivity index (χ3v) is 0. The van der Waals surface area contributed by atoms with Crippen LogP contribution in [0, 0.1) is 0 Å². The molecule has 0 atom stereocenters. The van der Waals surface area contributed by atoms with Gasteiger partial charge in [-0.3, -0.25) is 0 Å². The van der Waals surface area contributed by atoms with Gasteiger partial charge < -0.3 is 172 Å². The molecule has 0 unspecified atom stereocenters. The summed E-state index contributed by atoms with van der Waals surface area (Å²) in [6, 6.07) is 0. The van der Waals surface area contributed by atoms with Gasteiger partial charge in [0, 0.05) is 0 Å². The van der Waals surface area contributed by atoms with Crippen molar-refractivity contribution in [3.05, 3.63) is 0 Å². The molecule has 0 aliphatic rings. The largest absolute Gasteiger partial charge is 3.00 e. The van der Waals surface area contributed by atoms with E-state index in [0.29, 0.717) is 0 Å². The molecule has 0 saturated carbocycles. The third-order valence-electron chi connectivity index (χ3n) is 0. The fourth-order valence-corrected chi connectivity index (χ4v) is 0. The minimum absolute atomic E-state index is 0. The molecule has 12 N–H and O–H groups in total. The van der Waals surface area contributed by atoms with Crippen LogP contribution in [0.1, 0.15) is 0 Å². The van der Waals surface area contributed by atoms with Gasteiger partial charge in [-0.05, 0) is 0 Å². The Labute approximate surface area is 402 Å². The van der Waals surface area contributed by atoms with Gasteiger partial charge in [-0.15, -0.1) is 0 Å². The van der Waals surface area contributed by atoms with Gasteiger partial charge in [0.05, 0.1) is 0 Å². The van der Waals surface area contributed by atoms with Crippen molar-refractivity contribution in [3.63, 3.8) is 0 Å². The van der Waals surface area contributed by atoms with E-state index in [-0.39, 0.29) is 190 Å². The topological polar surface area (TPSA) is 799 Å². The molecule has 6 radical (unpaired) electrons. The van der Waals surface area contributed by atoms with Gasteiger partial charge >= 0.3 is 172 Å². The van der Waals surface area contributed by atoms with Crippen molar-refractivity contribution < 1.29 is 256 Å². The van der Waals surface area contributed by atoms with Crippen LogP contribution in [0.25, 0.3) is 0 Å². The zero-order valence-corrected chi connectivity index (χ0v) is 42.2. The minimum Gasteiger partial charge on any atom is -0.822 e. The summed E-state index contributed by atoms with van der Waals surface area (Å²) in [5.41, 5.74) is 0. The number of hydrogen-bond acceptors (Lipinski definition) is 32. The number of hydrogen-bond donors (Lipinski definition) is 3. The van der Waals surface area contributed by atoms with E-state index >= 15 is 0 Å². The second-order valence-corrected chi connectivity index (χ2v) is 10.7. The van der Waals surface area contributed by atoms with E-state index in [0.717, 1.165) is 0 Å². The quantitative estimate of drug-likeness (QED) is 0.150. The average molecular weight is 1220 g/mol. The summed E-state index contributed by atoms with van der Waals surface area (Å²) < 4.78 is 68.4. The van der Waals surface area contributed by atoms with Crippen LogP contribution in [0.2, 0.25) is 0 Å². The van der Waals surface area contributed by atoms with Crippen LogP contribution in [0.4, 0.5) is 0 Å². The first-order valence-electron chi connectivity index (χ1n) is 5.84. The summed E-state index contributed by atoms with van der Waals surface area (Å²) in [5.74, 6) is 0. The van der Waals surface area contributed by atoms with E-state index in [1.54, 1.807) is 0 Å². The van der Waals surface area contributed by atoms with Gasteiger partial charge in [-0.1, -0.05) is 0 Å². The monoisotopic (exact) mass is 1220 g/mol. The molecule has 0 aromatic carbocycles. The molecule has 0 aliphatic heterocycles. The van der Waals surface area contributed by atoms with Crippen molar-refractivity contribution in [1.82, 2.24) is 18.5 Å². The van der Waals surface area contributed by atoms with E-state index in [1.165, 1.54) is 0 Å². The molecule has 0 spiro atoms. The summed E-state index contributed by atoms with van der Waals surface area (Å²) in [4.78, 5) is 205. The van der Waals surface area contributed by atoms with Crippen molar-refractivity contribution >= 4 is 132 Å². The molecule has 35 nitrogen and oxygen atoms in total. The smallest absolute Gasteiger partial charge is 0.822 e. The van der Waals surface area contributed by atoms with Gasteiger partial charge in [0.15, 0.2) is 0 Å². The Morgan fingerprint density at radius 2 is 0.192 bits per heavy atom. The molecule has 0 aliphatic carbocycles. The standard InChI is InChI=1S/3Fe.3Mg.3Mn.3H3N.8H3O4P/c;;;;;;;;;;;;8*1-5(2,3)4/h;;;;;;;;;3*1H3;8*(H3,1,2,3,4)/q3*+3;6*+2;;;;;;;;;;;/p-21. The maximum absolute atomic E-state index is 8.55. The third kappa shape index (κ3) is 4480. The Morgan fingerprint density at radius 1 is 0.192 bits per heavy atom. The van der Waals surface area contributed by atoms with Crippen molar-refractivity contribution in [2.24, 2.45) is 0 Å². The Hall–Kier alpha value is 6.18. The van der Waals surface area contributed by atoms with Gasteiger partial charge in [0.2, 0.25) is 0 Å². The number of quaternary nitrogens is 3. The van der Waals surface area contributed by atoms with Gasteiger partial charge in [0.25, 0.3) is 0 Å². The average Bonchev–Trinajstić information content (AvgIpc) is 2.16. The normalized spacial score (nSPS) is 9.08. The molecule has 0 heterocycles. The van der Waals surface area contributed by atoms with E-state index in [1.807, 2.05) is 0 Å². The first-order chi connectivity index (χ1) is 16.0. The zero-order valence-electron chi connectivity index (χ0n) is 24.0. The summed E-state index contributed by atoms with van der Waals surface area (Å²) in [6.07, 6.45) is 0.